The number of nitrogens with one attached hydrogen (secondary N) is 1. The Kier molecular flexibility index (Phi) is 4.51. The fourth-order valence-corrected chi connectivity index (χ4v) is 4.94. The van der Waals surface area contributed by atoms with Crippen molar-refractivity contribution in [3.05, 3.63) is 48.0 Å². The molecular weight excluding hydrogens is 308 g/mol. The van der Waals surface area contributed by atoms with E-state index in [4.69, 9.17) is 5.73 Å². The Morgan fingerprint density at radius 3 is 2.48 bits per heavy atom. The predicted molar refractivity (Wildman–Crippen MR) is 102 cm³/mol. The summed E-state index contributed by atoms with van der Waals surface area (Å²) in [5, 5.41) is 5.81. The minimum absolute atomic E-state index is 0.124. The Balaban J connectivity index is 1.50. The first-order valence-electron chi connectivity index (χ1n) is 9.66. The molecule has 0 radical (unpaired) electrons. The van der Waals surface area contributed by atoms with Crippen LogP contribution in [0.4, 0.5) is 0 Å². The van der Waals surface area contributed by atoms with E-state index in [0.717, 1.165) is 18.4 Å². The second-order valence-electron chi connectivity index (χ2n) is 8.05. The molecule has 2 aromatic carbocycles. The third-order valence-electron chi connectivity index (χ3n) is 6.35. The molecule has 0 aliphatic heterocycles. The van der Waals surface area contributed by atoms with Crippen molar-refractivity contribution in [2.24, 2.45) is 17.6 Å². The number of carbonyl (C=O) groups is 1. The Morgan fingerprint density at radius 2 is 1.76 bits per heavy atom. The van der Waals surface area contributed by atoms with Gasteiger partial charge in [0.1, 0.15) is 0 Å². The lowest BCUT2D eigenvalue weighted by molar-refractivity contribution is -0.124. The average molecular weight is 336 g/mol. The Morgan fingerprint density at radius 1 is 1.08 bits per heavy atom. The van der Waals surface area contributed by atoms with Crippen LogP contribution in [-0.4, -0.2) is 18.0 Å². The summed E-state index contributed by atoms with van der Waals surface area (Å²) in [5.74, 6) is 1.17. The van der Waals surface area contributed by atoms with Gasteiger partial charge >= 0.3 is 0 Å². The van der Waals surface area contributed by atoms with Gasteiger partial charge in [0.2, 0.25) is 5.91 Å². The molecule has 3 unspecified atom stereocenters. The molecule has 3 atom stereocenters. The molecule has 1 amide bonds. The maximum Gasteiger partial charge on any atom is 0.227 e. The zero-order chi connectivity index (χ0) is 17.4. The van der Waals surface area contributed by atoms with Crippen molar-refractivity contribution < 1.29 is 4.79 Å². The van der Waals surface area contributed by atoms with Crippen LogP contribution in [-0.2, 0) is 4.79 Å². The zero-order valence-corrected chi connectivity index (χ0v) is 14.9. The third-order valence-corrected chi connectivity index (χ3v) is 6.35. The van der Waals surface area contributed by atoms with Gasteiger partial charge in [-0.05, 0) is 60.8 Å². The van der Waals surface area contributed by atoms with Crippen LogP contribution in [0.15, 0.2) is 42.5 Å². The van der Waals surface area contributed by atoms with E-state index in [0.29, 0.717) is 23.9 Å². The molecule has 4 rings (SSSR count). The Bertz CT molecular complexity index is 757. The van der Waals surface area contributed by atoms with Gasteiger partial charge in [0.25, 0.3) is 0 Å². The number of hydrogen-bond acceptors (Lipinski definition) is 2. The molecule has 2 fully saturated rings. The van der Waals surface area contributed by atoms with Crippen LogP contribution in [0.5, 0.6) is 0 Å². The smallest absolute Gasteiger partial charge is 0.227 e. The summed E-state index contributed by atoms with van der Waals surface area (Å²) in [6.45, 7) is 2.02. The van der Waals surface area contributed by atoms with E-state index in [-0.39, 0.29) is 11.8 Å². The lowest BCUT2D eigenvalue weighted by Gasteiger charge is -2.45. The maximum absolute atomic E-state index is 12.9. The summed E-state index contributed by atoms with van der Waals surface area (Å²) in [5.41, 5.74) is 7.30. The average Bonchev–Trinajstić information content (AvgIpc) is 2.61. The van der Waals surface area contributed by atoms with E-state index in [1.165, 1.54) is 30.0 Å². The summed E-state index contributed by atoms with van der Waals surface area (Å²) in [6.07, 6.45) is 5.82. The number of rotatable bonds is 3. The molecular formula is C22H28N2O. The highest BCUT2D eigenvalue weighted by Gasteiger charge is 2.40. The normalized spacial score (nSPS) is 30.0. The highest BCUT2D eigenvalue weighted by molar-refractivity contribution is 5.87. The molecule has 0 saturated heterocycles. The lowest BCUT2D eigenvalue weighted by Crippen LogP contribution is -2.54. The number of hydrogen-bond donors (Lipinski definition) is 2. The van der Waals surface area contributed by atoms with E-state index in [1.807, 2.05) is 19.1 Å². The Hall–Kier alpha value is -1.87. The standard InChI is InChI=1S/C22H28N2O/c1-14(16-10-9-15-5-2-3-6-17(15)11-16)22(25)24-21-18-7-4-8-19(21)13-20(23)12-18/h2-3,5-6,9-11,14,18-21H,4,7-8,12-13,23H2,1H3,(H,24,25). The minimum atomic E-state index is -0.124. The molecule has 3 nitrogen and oxygen atoms in total. The predicted octanol–water partition coefficient (Wildman–Crippen LogP) is 3.97. The van der Waals surface area contributed by atoms with E-state index in [2.05, 4.69) is 35.6 Å². The first-order valence-corrected chi connectivity index (χ1v) is 9.66. The lowest BCUT2D eigenvalue weighted by atomic mass is 9.67. The highest BCUT2D eigenvalue weighted by atomic mass is 16.1. The van der Waals surface area contributed by atoms with Gasteiger partial charge in [0.15, 0.2) is 0 Å². The van der Waals surface area contributed by atoms with Gasteiger partial charge in [0.05, 0.1) is 5.92 Å². The largest absolute Gasteiger partial charge is 0.352 e. The molecule has 2 aliphatic carbocycles. The van der Waals surface area contributed by atoms with Crippen molar-refractivity contribution in [2.75, 3.05) is 0 Å². The molecule has 0 spiro atoms. The molecule has 132 valence electrons. The second-order valence-corrected chi connectivity index (χ2v) is 8.05. The fourth-order valence-electron chi connectivity index (χ4n) is 4.94. The highest BCUT2D eigenvalue weighted by Crippen LogP contribution is 2.40. The van der Waals surface area contributed by atoms with Gasteiger partial charge in [-0.3, -0.25) is 4.79 Å². The number of benzene rings is 2. The number of fused-ring (bicyclic) bond motifs is 3. The quantitative estimate of drug-likeness (QED) is 0.891. The summed E-state index contributed by atoms with van der Waals surface area (Å²) < 4.78 is 0. The van der Waals surface area contributed by atoms with Crippen LogP contribution < -0.4 is 11.1 Å². The monoisotopic (exact) mass is 336 g/mol. The molecule has 0 aromatic heterocycles. The van der Waals surface area contributed by atoms with Gasteiger partial charge in [-0.25, -0.2) is 0 Å². The third kappa shape index (κ3) is 3.30. The minimum Gasteiger partial charge on any atom is -0.352 e. The van der Waals surface area contributed by atoms with Crippen molar-refractivity contribution in [3.63, 3.8) is 0 Å². The zero-order valence-electron chi connectivity index (χ0n) is 14.9. The SMILES string of the molecule is CC(C(=O)NC1C2CCCC1CC(N)C2)c1ccc2ccccc2c1. The van der Waals surface area contributed by atoms with Crippen LogP contribution in [0.25, 0.3) is 10.8 Å². The van der Waals surface area contributed by atoms with Crippen LogP contribution in [0.2, 0.25) is 0 Å². The van der Waals surface area contributed by atoms with Crippen molar-refractivity contribution in [2.45, 2.75) is 57.0 Å². The molecule has 25 heavy (non-hydrogen) atoms. The molecule has 3 heteroatoms. The molecule has 0 heterocycles. The fraction of sp³-hybridized carbons (Fsp3) is 0.500. The van der Waals surface area contributed by atoms with E-state index >= 15 is 0 Å². The number of carbonyl (C=O) groups excluding carboxylic acids is 1. The number of nitrogens with two attached hydrogens (primary N) is 1. The second kappa shape index (κ2) is 6.80. The topological polar surface area (TPSA) is 55.1 Å². The summed E-state index contributed by atoms with van der Waals surface area (Å²) >= 11 is 0. The molecule has 2 saturated carbocycles. The maximum atomic E-state index is 12.9. The summed E-state index contributed by atoms with van der Waals surface area (Å²) in [4.78, 5) is 12.9. The van der Waals surface area contributed by atoms with Crippen molar-refractivity contribution in [1.29, 1.82) is 0 Å². The van der Waals surface area contributed by atoms with Crippen molar-refractivity contribution >= 4 is 16.7 Å². The molecule has 2 aliphatic rings. The summed E-state index contributed by atoms with van der Waals surface area (Å²) in [6, 6.07) is 15.3. The molecule has 2 bridgehead atoms. The van der Waals surface area contributed by atoms with E-state index in [9.17, 15) is 4.79 Å². The van der Waals surface area contributed by atoms with E-state index < -0.39 is 0 Å². The van der Waals surface area contributed by atoms with Gasteiger partial charge in [-0.1, -0.05) is 48.9 Å². The van der Waals surface area contributed by atoms with E-state index in [1.54, 1.807) is 0 Å². The van der Waals surface area contributed by atoms with Gasteiger partial charge in [-0.2, -0.15) is 0 Å². The van der Waals surface area contributed by atoms with Crippen molar-refractivity contribution in [3.8, 4) is 0 Å². The van der Waals surface area contributed by atoms with Crippen LogP contribution in [0, 0.1) is 11.8 Å². The Labute approximate surface area is 150 Å². The van der Waals surface area contributed by atoms with Gasteiger partial charge in [-0.15, -0.1) is 0 Å². The van der Waals surface area contributed by atoms with Gasteiger partial charge in [0, 0.05) is 12.1 Å². The van der Waals surface area contributed by atoms with Crippen molar-refractivity contribution in [1.82, 2.24) is 5.32 Å². The summed E-state index contributed by atoms with van der Waals surface area (Å²) in [7, 11) is 0. The number of amides is 1. The van der Waals surface area contributed by atoms with Crippen LogP contribution in [0.3, 0.4) is 0 Å². The molecule has 3 N–H and O–H groups in total. The van der Waals surface area contributed by atoms with Gasteiger partial charge < -0.3 is 11.1 Å². The van der Waals surface area contributed by atoms with Crippen LogP contribution >= 0.6 is 0 Å². The molecule has 2 aromatic rings. The first kappa shape index (κ1) is 16.6. The van der Waals surface area contributed by atoms with Crippen LogP contribution in [0.1, 0.15) is 50.5 Å². The first-order chi connectivity index (χ1) is 12.1.